The van der Waals surface area contributed by atoms with Gasteiger partial charge in [0.1, 0.15) is 17.2 Å². The zero-order chi connectivity index (χ0) is 17.0. The minimum absolute atomic E-state index is 0.439. The van der Waals surface area contributed by atoms with Crippen LogP contribution >= 0.6 is 15.9 Å². The molecule has 5 heteroatoms. The van der Waals surface area contributed by atoms with Crippen molar-refractivity contribution in [2.75, 3.05) is 21.3 Å². The number of ether oxygens (including phenoxy) is 3. The van der Waals surface area contributed by atoms with Crippen LogP contribution in [0.25, 0.3) is 10.8 Å². The molecule has 0 bridgehead atoms. The number of rotatable bonds is 7. The Hall–Kier alpha value is -1.72. The van der Waals surface area contributed by atoms with E-state index in [0.717, 1.165) is 32.3 Å². The van der Waals surface area contributed by atoms with Crippen LogP contribution in [0, 0.1) is 0 Å². The van der Waals surface area contributed by atoms with Gasteiger partial charge in [-0.15, -0.1) is 6.58 Å². The van der Waals surface area contributed by atoms with Crippen LogP contribution in [0.15, 0.2) is 35.3 Å². The van der Waals surface area contributed by atoms with Crippen LogP contribution in [0.4, 0.5) is 0 Å². The second kappa shape index (κ2) is 7.70. The van der Waals surface area contributed by atoms with Crippen molar-refractivity contribution in [1.29, 1.82) is 0 Å². The summed E-state index contributed by atoms with van der Waals surface area (Å²) in [5.74, 6) is 2.16. The highest BCUT2D eigenvalue weighted by molar-refractivity contribution is 9.10. The maximum atomic E-state index is 10.2. The average molecular weight is 381 g/mol. The fraction of sp³-hybridized carbons (Fsp3) is 0.333. The second-order valence-electron chi connectivity index (χ2n) is 5.15. The van der Waals surface area contributed by atoms with Gasteiger partial charge in [0.2, 0.25) is 0 Å². The molecule has 0 amide bonds. The van der Waals surface area contributed by atoms with Gasteiger partial charge in [0.25, 0.3) is 0 Å². The zero-order valence-electron chi connectivity index (χ0n) is 13.6. The van der Waals surface area contributed by atoms with Gasteiger partial charge in [-0.1, -0.05) is 6.08 Å². The van der Waals surface area contributed by atoms with Crippen LogP contribution in [0.2, 0.25) is 0 Å². The molecule has 2 aromatic rings. The summed E-state index contributed by atoms with van der Waals surface area (Å²) in [6.07, 6.45) is 2.12. The standard InChI is InChI=1S/C18H21BrO4/c1-5-6-11(20)9-15-16(19)18(23-4)14-10-12(21-2)7-8-13(14)17(15)22-3/h5,7-8,10-11,20H,1,6,9H2,2-4H3/t11-/m0/s1. The van der Waals surface area contributed by atoms with Crippen molar-refractivity contribution < 1.29 is 19.3 Å². The molecule has 124 valence electrons. The summed E-state index contributed by atoms with van der Waals surface area (Å²) in [6, 6.07) is 5.72. The van der Waals surface area contributed by atoms with Crippen LogP contribution in [0.3, 0.4) is 0 Å². The fourth-order valence-corrected chi connectivity index (χ4v) is 3.40. The Bertz CT molecular complexity index is 712. The summed E-state index contributed by atoms with van der Waals surface area (Å²) in [7, 11) is 4.87. The third-order valence-electron chi connectivity index (χ3n) is 3.74. The Labute approximate surface area is 144 Å². The molecule has 2 rings (SSSR count). The van der Waals surface area contributed by atoms with Gasteiger partial charge >= 0.3 is 0 Å². The first-order valence-electron chi connectivity index (χ1n) is 7.26. The van der Waals surface area contributed by atoms with E-state index in [1.165, 1.54) is 0 Å². The predicted molar refractivity (Wildman–Crippen MR) is 95.8 cm³/mol. The van der Waals surface area contributed by atoms with Crippen LogP contribution in [-0.4, -0.2) is 32.5 Å². The van der Waals surface area contributed by atoms with Gasteiger partial charge < -0.3 is 19.3 Å². The number of benzene rings is 2. The maximum Gasteiger partial charge on any atom is 0.141 e. The molecular weight excluding hydrogens is 360 g/mol. The smallest absolute Gasteiger partial charge is 0.141 e. The van der Waals surface area contributed by atoms with E-state index in [9.17, 15) is 5.11 Å². The molecule has 0 saturated heterocycles. The number of aliphatic hydroxyl groups is 1. The quantitative estimate of drug-likeness (QED) is 0.734. The lowest BCUT2D eigenvalue weighted by molar-refractivity contribution is 0.177. The summed E-state index contributed by atoms with van der Waals surface area (Å²) in [6.45, 7) is 3.67. The molecule has 0 unspecified atom stereocenters. The summed E-state index contributed by atoms with van der Waals surface area (Å²) >= 11 is 3.60. The summed E-state index contributed by atoms with van der Waals surface area (Å²) in [5, 5.41) is 12.0. The molecule has 1 N–H and O–H groups in total. The van der Waals surface area contributed by atoms with E-state index in [-0.39, 0.29) is 0 Å². The van der Waals surface area contributed by atoms with Gasteiger partial charge in [-0.25, -0.2) is 0 Å². The first-order valence-corrected chi connectivity index (χ1v) is 8.05. The van der Waals surface area contributed by atoms with E-state index >= 15 is 0 Å². The second-order valence-corrected chi connectivity index (χ2v) is 5.95. The normalized spacial score (nSPS) is 12.0. The minimum atomic E-state index is -0.530. The molecule has 4 nitrogen and oxygen atoms in total. The number of halogens is 1. The summed E-state index contributed by atoms with van der Waals surface area (Å²) in [5.41, 5.74) is 0.872. The number of methoxy groups -OCH3 is 3. The summed E-state index contributed by atoms with van der Waals surface area (Å²) in [4.78, 5) is 0. The van der Waals surface area contributed by atoms with Gasteiger partial charge in [0.15, 0.2) is 0 Å². The van der Waals surface area contributed by atoms with E-state index in [1.54, 1.807) is 27.4 Å². The molecule has 0 saturated carbocycles. The molecule has 0 aliphatic rings. The number of aliphatic hydroxyl groups excluding tert-OH is 1. The topological polar surface area (TPSA) is 47.9 Å². The molecule has 0 heterocycles. The van der Waals surface area contributed by atoms with E-state index < -0.39 is 6.10 Å². The van der Waals surface area contributed by atoms with Crippen molar-refractivity contribution in [2.24, 2.45) is 0 Å². The Kier molecular flexibility index (Phi) is 5.91. The molecule has 0 spiro atoms. The van der Waals surface area contributed by atoms with E-state index in [4.69, 9.17) is 14.2 Å². The van der Waals surface area contributed by atoms with E-state index in [1.807, 2.05) is 18.2 Å². The lowest BCUT2D eigenvalue weighted by Gasteiger charge is -2.20. The number of fused-ring (bicyclic) bond motifs is 1. The average Bonchev–Trinajstić information content (AvgIpc) is 2.55. The Morgan fingerprint density at radius 1 is 1.13 bits per heavy atom. The van der Waals surface area contributed by atoms with Gasteiger partial charge in [-0.3, -0.25) is 0 Å². The third-order valence-corrected chi connectivity index (χ3v) is 4.58. The lowest BCUT2D eigenvalue weighted by Crippen LogP contribution is -2.11. The Morgan fingerprint density at radius 3 is 2.39 bits per heavy atom. The molecule has 0 radical (unpaired) electrons. The van der Waals surface area contributed by atoms with Crippen molar-refractivity contribution in [1.82, 2.24) is 0 Å². The van der Waals surface area contributed by atoms with Gasteiger partial charge in [-0.2, -0.15) is 0 Å². The molecule has 1 atom stereocenters. The highest BCUT2D eigenvalue weighted by atomic mass is 79.9. The van der Waals surface area contributed by atoms with Crippen LogP contribution in [0.1, 0.15) is 12.0 Å². The first kappa shape index (κ1) is 17.6. The van der Waals surface area contributed by atoms with Gasteiger partial charge in [0, 0.05) is 22.8 Å². The van der Waals surface area contributed by atoms with Crippen molar-refractivity contribution in [3.8, 4) is 17.2 Å². The van der Waals surface area contributed by atoms with Crippen LogP contribution < -0.4 is 14.2 Å². The van der Waals surface area contributed by atoms with Crippen molar-refractivity contribution in [3.63, 3.8) is 0 Å². The van der Waals surface area contributed by atoms with Gasteiger partial charge in [-0.05, 0) is 40.5 Å². The van der Waals surface area contributed by atoms with Crippen LogP contribution in [-0.2, 0) is 6.42 Å². The zero-order valence-corrected chi connectivity index (χ0v) is 15.1. The van der Waals surface area contributed by atoms with Crippen LogP contribution in [0.5, 0.6) is 17.2 Å². The molecule has 0 fully saturated rings. The number of hydrogen-bond acceptors (Lipinski definition) is 4. The molecule has 0 aliphatic heterocycles. The monoisotopic (exact) mass is 380 g/mol. The van der Waals surface area contributed by atoms with Crippen molar-refractivity contribution >= 4 is 26.7 Å². The SMILES string of the molecule is C=CC[C@H](O)Cc1c(Br)c(OC)c2cc(OC)ccc2c1OC. The van der Waals surface area contributed by atoms with Crippen molar-refractivity contribution in [2.45, 2.75) is 18.9 Å². The molecule has 0 aliphatic carbocycles. The Morgan fingerprint density at radius 2 is 1.83 bits per heavy atom. The van der Waals surface area contributed by atoms with E-state index in [2.05, 4.69) is 22.5 Å². The largest absolute Gasteiger partial charge is 0.497 e. The van der Waals surface area contributed by atoms with Crippen molar-refractivity contribution in [3.05, 3.63) is 40.9 Å². The highest BCUT2D eigenvalue weighted by Crippen LogP contribution is 2.45. The molecule has 23 heavy (non-hydrogen) atoms. The minimum Gasteiger partial charge on any atom is -0.497 e. The lowest BCUT2D eigenvalue weighted by atomic mass is 9.98. The van der Waals surface area contributed by atoms with Gasteiger partial charge in [0.05, 0.1) is 31.9 Å². The third kappa shape index (κ3) is 3.46. The molecule has 0 aromatic heterocycles. The van der Waals surface area contributed by atoms with E-state index in [0.29, 0.717) is 18.6 Å². The Balaban J connectivity index is 2.71. The summed E-state index contributed by atoms with van der Waals surface area (Å²) < 4.78 is 17.3. The number of hydrogen-bond donors (Lipinski definition) is 1. The predicted octanol–water partition coefficient (Wildman–Crippen LogP) is 4.11. The highest BCUT2D eigenvalue weighted by Gasteiger charge is 2.21. The first-order chi connectivity index (χ1) is 11.1. The fourth-order valence-electron chi connectivity index (χ4n) is 2.68. The maximum absolute atomic E-state index is 10.2. The molecular formula is C18H21BrO4. The molecule has 2 aromatic carbocycles.